The molecule has 5 rings (SSSR count). The first-order valence-corrected chi connectivity index (χ1v) is 13.4. The van der Waals surface area contributed by atoms with E-state index in [1.54, 1.807) is 11.8 Å². The summed E-state index contributed by atoms with van der Waals surface area (Å²) in [5.74, 6) is 1.94. The summed E-state index contributed by atoms with van der Waals surface area (Å²) >= 11 is 1.56. The van der Waals surface area contributed by atoms with Crippen molar-refractivity contribution in [1.29, 1.82) is 0 Å². The number of carbonyl (C=O) groups excluding carboxylic acids is 2. The molecule has 2 bridgehead atoms. The summed E-state index contributed by atoms with van der Waals surface area (Å²) in [4.78, 5) is 25.7. The maximum absolute atomic E-state index is 13.4. The van der Waals surface area contributed by atoms with Gasteiger partial charge in [0, 0.05) is 24.2 Å². The third-order valence-electron chi connectivity index (χ3n) is 10.3. The largest absolute Gasteiger partial charge is 0.396 e. The molecule has 4 aliphatic carbocycles. The van der Waals surface area contributed by atoms with Crippen molar-refractivity contribution in [2.24, 2.45) is 40.4 Å². The molecule has 9 atom stereocenters. The summed E-state index contributed by atoms with van der Waals surface area (Å²) < 4.78 is 0. The van der Waals surface area contributed by atoms with Crippen LogP contribution in [0.2, 0.25) is 0 Å². The lowest BCUT2D eigenvalue weighted by Gasteiger charge is -2.60. The molecule has 0 radical (unpaired) electrons. The van der Waals surface area contributed by atoms with E-state index in [4.69, 9.17) is 0 Å². The number of carbonyl (C=O) groups is 2. The first kappa shape index (κ1) is 22.2. The van der Waals surface area contributed by atoms with Gasteiger partial charge in [-0.25, -0.2) is 0 Å². The van der Waals surface area contributed by atoms with Crippen molar-refractivity contribution in [3.8, 4) is 0 Å². The van der Waals surface area contributed by atoms with E-state index in [2.05, 4.69) is 13.8 Å². The van der Waals surface area contributed by atoms with E-state index in [0.29, 0.717) is 36.5 Å². The number of aliphatic hydroxyl groups is 2. The molecule has 172 valence electrons. The molecule has 1 aliphatic heterocycles. The van der Waals surface area contributed by atoms with E-state index in [0.717, 1.165) is 51.4 Å². The third-order valence-corrected chi connectivity index (χ3v) is 11.6. The number of allylic oxidation sites excluding steroid dienone is 1. The minimum atomic E-state index is -0.270. The molecule has 1 saturated heterocycles. The molecule has 2 N–H and O–H groups in total. The smallest absolute Gasteiger partial charge is 0.192 e. The molecule has 5 heteroatoms. The summed E-state index contributed by atoms with van der Waals surface area (Å²) in [6, 6.07) is 0. The highest BCUT2D eigenvalue weighted by atomic mass is 32.2. The van der Waals surface area contributed by atoms with Crippen LogP contribution in [0.4, 0.5) is 0 Å². The molecule has 3 unspecified atom stereocenters. The van der Waals surface area contributed by atoms with E-state index in [1.807, 2.05) is 6.08 Å². The minimum absolute atomic E-state index is 0.0251. The van der Waals surface area contributed by atoms with E-state index >= 15 is 0 Å². The highest BCUT2D eigenvalue weighted by Crippen LogP contribution is 2.68. The van der Waals surface area contributed by atoms with Crippen LogP contribution in [0, 0.1) is 40.4 Å². The lowest BCUT2D eigenvalue weighted by molar-refractivity contribution is -0.117. The highest BCUT2D eigenvalue weighted by molar-refractivity contribution is 8.14. The van der Waals surface area contributed by atoms with Crippen molar-refractivity contribution in [3.63, 3.8) is 0 Å². The van der Waals surface area contributed by atoms with Gasteiger partial charge in [-0.15, -0.1) is 0 Å². The second kappa shape index (κ2) is 7.99. The van der Waals surface area contributed by atoms with Gasteiger partial charge in [0.2, 0.25) is 0 Å². The Morgan fingerprint density at radius 1 is 1.13 bits per heavy atom. The first-order valence-electron chi connectivity index (χ1n) is 12.5. The molecular formula is C26H38O4S. The van der Waals surface area contributed by atoms with E-state index in [1.165, 1.54) is 5.57 Å². The topological polar surface area (TPSA) is 74.6 Å². The van der Waals surface area contributed by atoms with E-state index < -0.39 is 0 Å². The van der Waals surface area contributed by atoms with E-state index in [-0.39, 0.29) is 45.6 Å². The summed E-state index contributed by atoms with van der Waals surface area (Å²) in [7, 11) is 0. The fourth-order valence-electron chi connectivity index (χ4n) is 8.43. The number of rotatable bonds is 3. The van der Waals surface area contributed by atoms with Crippen LogP contribution < -0.4 is 0 Å². The number of fused-ring (bicyclic) bond motifs is 3. The second-order valence-corrected chi connectivity index (χ2v) is 12.9. The Bertz CT molecular complexity index is 792. The Kier molecular flexibility index (Phi) is 5.71. The van der Waals surface area contributed by atoms with Gasteiger partial charge in [0.05, 0.1) is 6.10 Å². The molecule has 5 aliphatic rings. The summed E-state index contributed by atoms with van der Waals surface area (Å²) in [5.41, 5.74) is 1.32. The van der Waals surface area contributed by atoms with Gasteiger partial charge in [-0.05, 0) is 98.4 Å². The lowest BCUT2D eigenvalue weighted by atomic mass is 9.47. The summed E-state index contributed by atoms with van der Waals surface area (Å²) in [5, 5.41) is 21.3. The van der Waals surface area contributed by atoms with Gasteiger partial charge < -0.3 is 10.2 Å². The van der Waals surface area contributed by atoms with Gasteiger partial charge in [-0.3, -0.25) is 9.59 Å². The first-order chi connectivity index (χ1) is 14.8. The number of hydrogen-bond donors (Lipinski definition) is 2. The predicted molar refractivity (Wildman–Crippen MR) is 122 cm³/mol. The highest BCUT2D eigenvalue weighted by Gasteiger charge is 2.63. The van der Waals surface area contributed by atoms with Gasteiger partial charge in [-0.1, -0.05) is 31.2 Å². The van der Waals surface area contributed by atoms with Crippen LogP contribution in [0.3, 0.4) is 0 Å². The van der Waals surface area contributed by atoms with Crippen molar-refractivity contribution < 1.29 is 19.8 Å². The normalized spacial score (nSPS) is 49.4. The van der Waals surface area contributed by atoms with Crippen molar-refractivity contribution in [2.75, 3.05) is 6.61 Å². The maximum atomic E-state index is 13.4. The van der Waals surface area contributed by atoms with Crippen molar-refractivity contribution in [2.45, 2.75) is 89.4 Å². The zero-order valence-corrected chi connectivity index (χ0v) is 19.8. The quantitative estimate of drug-likeness (QED) is 0.666. The zero-order valence-electron chi connectivity index (χ0n) is 19.0. The van der Waals surface area contributed by atoms with E-state index in [9.17, 15) is 19.8 Å². The average molecular weight is 447 g/mol. The molecule has 0 aromatic heterocycles. The number of thioether (sulfide) groups is 1. The van der Waals surface area contributed by atoms with Crippen molar-refractivity contribution >= 4 is 22.7 Å². The van der Waals surface area contributed by atoms with Gasteiger partial charge in [0.25, 0.3) is 0 Å². The lowest BCUT2D eigenvalue weighted by Crippen LogP contribution is -2.55. The fourth-order valence-corrected chi connectivity index (χ4v) is 9.96. The molecule has 0 amide bonds. The Balaban J connectivity index is 1.55. The molecule has 0 aromatic carbocycles. The van der Waals surface area contributed by atoms with Gasteiger partial charge in [0.15, 0.2) is 10.9 Å². The van der Waals surface area contributed by atoms with Crippen LogP contribution >= 0.6 is 11.8 Å². The molecule has 1 heterocycles. The average Bonchev–Trinajstić information content (AvgIpc) is 2.99. The van der Waals surface area contributed by atoms with Gasteiger partial charge in [-0.2, -0.15) is 0 Å². The number of hydrogen-bond acceptors (Lipinski definition) is 5. The Hall–Kier alpha value is -0.650. The van der Waals surface area contributed by atoms with Crippen molar-refractivity contribution in [1.82, 2.24) is 0 Å². The Labute approximate surface area is 190 Å². The number of ketones is 1. The van der Waals surface area contributed by atoms with Crippen LogP contribution in [-0.4, -0.2) is 39.1 Å². The molecule has 4 nitrogen and oxygen atoms in total. The second-order valence-electron chi connectivity index (χ2n) is 11.6. The predicted octanol–water partition coefficient (Wildman–Crippen LogP) is 4.53. The van der Waals surface area contributed by atoms with Gasteiger partial charge >= 0.3 is 0 Å². The molecule has 3 saturated carbocycles. The third kappa shape index (κ3) is 3.40. The Morgan fingerprint density at radius 3 is 2.71 bits per heavy atom. The number of aliphatic hydroxyl groups excluding tert-OH is 2. The summed E-state index contributed by atoms with van der Waals surface area (Å²) in [6.07, 6.45) is 10.5. The molecular weight excluding hydrogens is 408 g/mol. The van der Waals surface area contributed by atoms with Crippen LogP contribution in [-0.2, 0) is 9.59 Å². The molecule has 0 aromatic rings. The Morgan fingerprint density at radius 2 is 1.94 bits per heavy atom. The summed E-state index contributed by atoms with van der Waals surface area (Å²) in [6.45, 7) is 4.83. The molecule has 0 spiro atoms. The molecule has 4 fully saturated rings. The fraction of sp³-hybridized carbons (Fsp3) is 0.846. The van der Waals surface area contributed by atoms with Gasteiger partial charge in [0.1, 0.15) is 0 Å². The monoisotopic (exact) mass is 446 g/mol. The minimum Gasteiger partial charge on any atom is -0.396 e. The SMILES string of the molecule is C[C@]12CCC(=O)C=C1C[C@H]1SC(=O)C(CCCO)CC[C@H]3CC4C1[C@@H]2CC[C@]4(C)[C@H]3O. The van der Waals surface area contributed by atoms with Crippen LogP contribution in [0.15, 0.2) is 11.6 Å². The van der Waals surface area contributed by atoms with Crippen LogP contribution in [0.25, 0.3) is 0 Å². The zero-order chi connectivity index (χ0) is 22.0. The standard InChI is InChI=1S/C26H38O4S/c1-25-9-7-18(28)13-17(25)14-21-22-19(25)8-10-26(2)20(22)12-16(23(26)29)6-5-15(4-3-11-27)24(30)31-21/h13,15-16,19-23,27,29H,3-12,14H2,1-2H3/t15?,16-,19-,20?,21+,22?,23-,25-,26-/m0/s1. The maximum Gasteiger partial charge on any atom is 0.192 e. The van der Waals surface area contributed by atoms with Crippen molar-refractivity contribution in [3.05, 3.63) is 11.6 Å². The van der Waals surface area contributed by atoms with Crippen LogP contribution in [0.5, 0.6) is 0 Å². The van der Waals surface area contributed by atoms with Crippen LogP contribution in [0.1, 0.15) is 78.1 Å². The molecule has 31 heavy (non-hydrogen) atoms.